The summed E-state index contributed by atoms with van der Waals surface area (Å²) in [4.78, 5) is 14.0. The van der Waals surface area contributed by atoms with Crippen LogP contribution in [-0.4, -0.2) is 29.1 Å². The van der Waals surface area contributed by atoms with Crippen LogP contribution in [0.25, 0.3) is 0 Å². The molecule has 1 saturated carbocycles. The third-order valence-corrected chi connectivity index (χ3v) is 3.89. The molecule has 0 spiro atoms. The molecule has 0 aliphatic heterocycles. The number of hydrogen-bond donors (Lipinski definition) is 1. The van der Waals surface area contributed by atoms with E-state index in [9.17, 15) is 4.79 Å². The smallest absolute Gasteiger partial charge is 0.308 e. The van der Waals surface area contributed by atoms with Crippen molar-refractivity contribution in [2.24, 2.45) is 5.92 Å². The number of carboxylic acids is 1. The van der Waals surface area contributed by atoms with Gasteiger partial charge in [0.25, 0.3) is 0 Å². The molecule has 2 unspecified atom stereocenters. The van der Waals surface area contributed by atoms with Crippen molar-refractivity contribution in [3.05, 3.63) is 21.3 Å². The van der Waals surface area contributed by atoms with Crippen LogP contribution in [-0.2, 0) is 11.3 Å². The lowest BCUT2D eigenvalue weighted by atomic mass is 10.3. The summed E-state index contributed by atoms with van der Waals surface area (Å²) in [6.07, 6.45) is 0.769. The average Bonchev–Trinajstić information content (AvgIpc) is 2.86. The molecular weight excluding hydrogens is 234 g/mol. The Morgan fingerprint density at radius 2 is 2.47 bits per heavy atom. The molecule has 1 heterocycles. The van der Waals surface area contributed by atoms with Crippen molar-refractivity contribution in [1.82, 2.24) is 4.90 Å². The Morgan fingerprint density at radius 1 is 1.73 bits per heavy atom. The molecule has 1 aromatic rings. The predicted octanol–water partition coefficient (Wildman–Crippen LogP) is 2.31. The third-order valence-electron chi connectivity index (χ3n) is 2.67. The van der Waals surface area contributed by atoms with Gasteiger partial charge in [-0.05, 0) is 25.6 Å². The van der Waals surface area contributed by atoms with Crippen LogP contribution in [0.1, 0.15) is 11.3 Å². The van der Waals surface area contributed by atoms with Crippen molar-refractivity contribution >= 4 is 28.9 Å². The van der Waals surface area contributed by atoms with Gasteiger partial charge in [-0.15, -0.1) is 11.3 Å². The van der Waals surface area contributed by atoms with E-state index in [1.54, 1.807) is 11.3 Å². The molecule has 0 radical (unpaired) electrons. The maximum absolute atomic E-state index is 10.7. The summed E-state index contributed by atoms with van der Waals surface area (Å²) in [7, 11) is 1.96. The molecule has 0 aromatic carbocycles. The van der Waals surface area contributed by atoms with Gasteiger partial charge < -0.3 is 5.11 Å². The van der Waals surface area contributed by atoms with Crippen LogP contribution in [0.5, 0.6) is 0 Å². The zero-order valence-corrected chi connectivity index (χ0v) is 9.88. The predicted molar refractivity (Wildman–Crippen MR) is 60.3 cm³/mol. The van der Waals surface area contributed by atoms with Gasteiger partial charge in [0.05, 0.1) is 10.3 Å². The maximum Gasteiger partial charge on any atom is 0.308 e. The van der Waals surface area contributed by atoms with Crippen LogP contribution in [0, 0.1) is 5.92 Å². The first-order chi connectivity index (χ1) is 7.08. The molecule has 5 heteroatoms. The molecule has 3 nitrogen and oxygen atoms in total. The van der Waals surface area contributed by atoms with E-state index in [-0.39, 0.29) is 12.0 Å². The molecule has 1 aliphatic carbocycles. The summed E-state index contributed by atoms with van der Waals surface area (Å²) < 4.78 is 0.781. The zero-order chi connectivity index (χ0) is 11.0. The standard InChI is InChI=1S/C10H12ClNO2S/c1-12(8-4-7(8)10(13)14)5-6-2-3-9(11)15-6/h2-3,7-8H,4-5H2,1H3,(H,13,14). The van der Waals surface area contributed by atoms with E-state index in [0.717, 1.165) is 17.3 Å². The topological polar surface area (TPSA) is 40.5 Å². The monoisotopic (exact) mass is 245 g/mol. The molecule has 2 atom stereocenters. The molecule has 0 amide bonds. The Kier molecular flexibility index (Phi) is 3.00. The Bertz CT molecular complexity index is 379. The summed E-state index contributed by atoms with van der Waals surface area (Å²) in [5.41, 5.74) is 0. The highest BCUT2D eigenvalue weighted by Crippen LogP contribution is 2.36. The number of rotatable bonds is 4. The lowest BCUT2D eigenvalue weighted by molar-refractivity contribution is -0.138. The Morgan fingerprint density at radius 3 is 2.93 bits per heavy atom. The molecule has 1 aliphatic rings. The Hall–Kier alpha value is -0.580. The number of carboxylic acid groups (broad SMARTS) is 1. The van der Waals surface area contributed by atoms with Gasteiger partial charge in [-0.3, -0.25) is 9.69 Å². The van der Waals surface area contributed by atoms with Gasteiger partial charge in [0.15, 0.2) is 0 Å². The van der Waals surface area contributed by atoms with E-state index in [0.29, 0.717) is 0 Å². The van der Waals surface area contributed by atoms with Crippen molar-refractivity contribution < 1.29 is 9.90 Å². The van der Waals surface area contributed by atoms with Crippen LogP contribution >= 0.6 is 22.9 Å². The van der Waals surface area contributed by atoms with Crippen molar-refractivity contribution in [1.29, 1.82) is 0 Å². The van der Waals surface area contributed by atoms with Crippen molar-refractivity contribution in [2.75, 3.05) is 7.05 Å². The highest BCUT2D eigenvalue weighted by Gasteiger charge is 2.45. The fourth-order valence-electron chi connectivity index (χ4n) is 1.73. The number of hydrogen-bond acceptors (Lipinski definition) is 3. The van der Waals surface area contributed by atoms with E-state index in [1.165, 1.54) is 4.88 Å². The van der Waals surface area contributed by atoms with E-state index in [1.807, 2.05) is 19.2 Å². The average molecular weight is 246 g/mol. The second-order valence-corrected chi connectivity index (χ2v) is 5.67. The van der Waals surface area contributed by atoms with Gasteiger partial charge in [-0.2, -0.15) is 0 Å². The number of aliphatic carboxylic acids is 1. The van der Waals surface area contributed by atoms with Crippen LogP contribution in [0.2, 0.25) is 4.34 Å². The van der Waals surface area contributed by atoms with E-state index in [4.69, 9.17) is 16.7 Å². The summed E-state index contributed by atoms with van der Waals surface area (Å²) in [5, 5.41) is 8.80. The number of nitrogens with zero attached hydrogens (tertiary/aromatic N) is 1. The van der Waals surface area contributed by atoms with Gasteiger partial charge in [0, 0.05) is 17.5 Å². The van der Waals surface area contributed by atoms with Crippen LogP contribution in [0.3, 0.4) is 0 Å². The lowest BCUT2D eigenvalue weighted by Gasteiger charge is -2.14. The first-order valence-corrected chi connectivity index (χ1v) is 5.94. The molecule has 0 bridgehead atoms. The highest BCUT2D eigenvalue weighted by molar-refractivity contribution is 7.16. The number of carbonyl (C=O) groups is 1. The first kappa shape index (κ1) is 10.9. The zero-order valence-electron chi connectivity index (χ0n) is 8.31. The minimum Gasteiger partial charge on any atom is -0.481 e. The van der Waals surface area contributed by atoms with E-state index in [2.05, 4.69) is 4.90 Å². The molecular formula is C10H12ClNO2S. The summed E-state index contributed by atoms with van der Waals surface area (Å²) in [6.45, 7) is 0.784. The quantitative estimate of drug-likeness (QED) is 0.885. The van der Waals surface area contributed by atoms with Gasteiger partial charge in [-0.1, -0.05) is 11.6 Å². The van der Waals surface area contributed by atoms with E-state index < -0.39 is 5.97 Å². The van der Waals surface area contributed by atoms with Crippen molar-refractivity contribution in [3.63, 3.8) is 0 Å². The normalized spacial score (nSPS) is 24.5. The first-order valence-electron chi connectivity index (χ1n) is 4.75. The highest BCUT2D eigenvalue weighted by atomic mass is 35.5. The molecule has 1 N–H and O–H groups in total. The molecule has 82 valence electrons. The van der Waals surface area contributed by atoms with Crippen LogP contribution in [0.15, 0.2) is 12.1 Å². The minimum absolute atomic E-state index is 0.176. The van der Waals surface area contributed by atoms with Gasteiger partial charge in [0.2, 0.25) is 0 Å². The van der Waals surface area contributed by atoms with Crippen molar-refractivity contribution in [3.8, 4) is 0 Å². The summed E-state index contributed by atoms with van der Waals surface area (Å²) in [6, 6.07) is 4.06. The fourth-order valence-corrected chi connectivity index (χ4v) is 2.89. The van der Waals surface area contributed by atoms with Crippen LogP contribution < -0.4 is 0 Å². The summed E-state index contributed by atoms with van der Waals surface area (Å²) in [5.74, 6) is -0.860. The summed E-state index contributed by atoms with van der Waals surface area (Å²) >= 11 is 7.37. The second-order valence-electron chi connectivity index (χ2n) is 3.87. The molecule has 1 aromatic heterocycles. The minimum atomic E-state index is -0.684. The SMILES string of the molecule is CN(Cc1ccc(Cl)s1)C1CC1C(=O)O. The largest absolute Gasteiger partial charge is 0.481 e. The molecule has 15 heavy (non-hydrogen) atoms. The molecule has 1 fully saturated rings. The van der Waals surface area contributed by atoms with E-state index >= 15 is 0 Å². The fraction of sp³-hybridized carbons (Fsp3) is 0.500. The number of halogens is 1. The van der Waals surface area contributed by atoms with Crippen LogP contribution in [0.4, 0.5) is 0 Å². The van der Waals surface area contributed by atoms with Gasteiger partial charge >= 0.3 is 5.97 Å². The molecule has 2 rings (SSSR count). The molecule has 0 saturated heterocycles. The lowest BCUT2D eigenvalue weighted by Crippen LogP contribution is -2.23. The Balaban J connectivity index is 1.89. The number of thiophene rings is 1. The van der Waals surface area contributed by atoms with Crippen molar-refractivity contribution in [2.45, 2.75) is 19.0 Å². The second kappa shape index (κ2) is 4.12. The van der Waals surface area contributed by atoms with Gasteiger partial charge in [0.1, 0.15) is 0 Å². The van der Waals surface area contributed by atoms with Gasteiger partial charge in [-0.25, -0.2) is 0 Å². The third kappa shape index (κ3) is 2.51. The maximum atomic E-state index is 10.7. The Labute approximate surface area is 97.3 Å².